The highest BCUT2D eigenvalue weighted by Gasteiger charge is 2.36. The fourth-order valence-corrected chi connectivity index (χ4v) is 6.97. The molecule has 0 unspecified atom stereocenters. The average Bonchev–Trinajstić information content (AvgIpc) is 3.70. The third kappa shape index (κ3) is 3.43. The van der Waals surface area contributed by atoms with Crippen LogP contribution in [0.15, 0.2) is 133 Å². The Hall–Kier alpha value is -6.45. The number of imide groups is 1. The molecule has 210 valence electrons. The molecule has 0 bridgehead atoms. The normalized spacial score (nSPS) is 12.9. The monoisotopic (exact) mass is 578 g/mol. The summed E-state index contributed by atoms with van der Waals surface area (Å²) in [4.78, 5) is 28.2. The number of anilines is 1. The van der Waals surface area contributed by atoms with Gasteiger partial charge < -0.3 is 9.13 Å². The van der Waals surface area contributed by atoms with Gasteiger partial charge in [-0.2, -0.15) is 5.26 Å². The number of nitriles is 1. The molecule has 6 heteroatoms. The molecule has 0 spiro atoms. The standard InChI is InChI=1S/C39H22N4O2/c40-23-24-20-26(22-27(21-24)43-38(44)30-13-4-5-14-31(30)39(43)45)42-33-16-8-6-12-28(33)29-18-19-35-36(37(29)42)32-15-7-9-17-34(32)41(35)25-10-2-1-3-11-25/h1-22H. The van der Waals surface area contributed by atoms with Crippen molar-refractivity contribution in [2.24, 2.45) is 0 Å². The van der Waals surface area contributed by atoms with Crippen LogP contribution < -0.4 is 4.90 Å². The van der Waals surface area contributed by atoms with Crippen molar-refractivity contribution in [1.82, 2.24) is 9.13 Å². The number of carbonyl (C=O) groups excluding carboxylic acids is 2. The van der Waals surface area contributed by atoms with E-state index in [9.17, 15) is 14.9 Å². The highest BCUT2D eigenvalue weighted by molar-refractivity contribution is 6.34. The zero-order valence-corrected chi connectivity index (χ0v) is 23.8. The van der Waals surface area contributed by atoms with E-state index < -0.39 is 11.8 Å². The molecule has 45 heavy (non-hydrogen) atoms. The molecule has 2 aromatic heterocycles. The maximum atomic E-state index is 13.5. The number of fused-ring (bicyclic) bond motifs is 8. The molecule has 0 atom stereocenters. The van der Waals surface area contributed by atoms with Gasteiger partial charge in [-0.05, 0) is 60.7 Å². The summed E-state index contributed by atoms with van der Waals surface area (Å²) < 4.78 is 4.44. The summed E-state index contributed by atoms with van der Waals surface area (Å²) in [6.07, 6.45) is 0. The highest BCUT2D eigenvalue weighted by atomic mass is 16.2. The smallest absolute Gasteiger partial charge is 0.266 e. The van der Waals surface area contributed by atoms with E-state index in [1.54, 1.807) is 30.3 Å². The molecule has 6 aromatic carbocycles. The van der Waals surface area contributed by atoms with Crippen LogP contribution >= 0.6 is 0 Å². The molecule has 0 saturated carbocycles. The van der Waals surface area contributed by atoms with Crippen molar-refractivity contribution in [2.45, 2.75) is 0 Å². The van der Waals surface area contributed by atoms with Crippen LogP contribution in [0.1, 0.15) is 26.3 Å². The SMILES string of the molecule is N#Cc1cc(N2C(=O)c3ccccc3C2=O)cc(-n2c3ccccc3c3ccc4c(c5ccccc5n4-c4ccccc4)c32)c1. The first kappa shape index (κ1) is 25.1. The van der Waals surface area contributed by atoms with E-state index in [-0.39, 0.29) is 0 Å². The second kappa shape index (κ2) is 9.27. The number of amides is 2. The molecule has 3 heterocycles. The number of carbonyl (C=O) groups is 2. The van der Waals surface area contributed by atoms with Crippen molar-refractivity contribution >= 4 is 61.1 Å². The zero-order chi connectivity index (χ0) is 30.2. The Labute approximate surface area is 257 Å². The lowest BCUT2D eigenvalue weighted by atomic mass is 10.1. The number of hydrogen-bond acceptors (Lipinski definition) is 3. The van der Waals surface area contributed by atoms with Crippen molar-refractivity contribution in [3.8, 4) is 17.4 Å². The van der Waals surface area contributed by atoms with E-state index >= 15 is 0 Å². The van der Waals surface area contributed by atoms with Gasteiger partial charge in [0.05, 0.1) is 50.5 Å². The minimum absolute atomic E-state index is 0.351. The van der Waals surface area contributed by atoms with Gasteiger partial charge in [-0.15, -0.1) is 0 Å². The molecule has 0 fully saturated rings. The Morgan fingerprint density at radius 1 is 0.489 bits per heavy atom. The number of nitrogens with zero attached hydrogens (tertiary/aromatic N) is 4. The molecule has 8 aromatic rings. The maximum Gasteiger partial charge on any atom is 0.266 e. The van der Waals surface area contributed by atoms with Gasteiger partial charge in [0.25, 0.3) is 11.8 Å². The maximum absolute atomic E-state index is 13.5. The molecule has 1 aliphatic heterocycles. The topological polar surface area (TPSA) is 71.0 Å². The lowest BCUT2D eigenvalue weighted by Gasteiger charge is -2.17. The van der Waals surface area contributed by atoms with Crippen LogP contribution in [0.3, 0.4) is 0 Å². The molecule has 0 N–H and O–H groups in total. The van der Waals surface area contributed by atoms with Crippen LogP contribution in [0.5, 0.6) is 0 Å². The van der Waals surface area contributed by atoms with Crippen molar-refractivity contribution in [1.29, 1.82) is 5.26 Å². The third-order valence-corrected chi connectivity index (χ3v) is 8.83. The number of hydrogen-bond donors (Lipinski definition) is 0. The van der Waals surface area contributed by atoms with E-state index in [1.165, 1.54) is 4.90 Å². The van der Waals surface area contributed by atoms with E-state index in [0.29, 0.717) is 28.1 Å². The second-order valence-corrected chi connectivity index (χ2v) is 11.2. The van der Waals surface area contributed by atoms with Crippen molar-refractivity contribution in [3.63, 3.8) is 0 Å². The lowest BCUT2D eigenvalue weighted by Crippen LogP contribution is -2.29. The molecule has 1 aliphatic rings. The van der Waals surface area contributed by atoms with Gasteiger partial charge >= 0.3 is 0 Å². The summed E-state index contributed by atoms with van der Waals surface area (Å²) in [5.41, 5.74) is 7.27. The average molecular weight is 579 g/mol. The van der Waals surface area contributed by atoms with Crippen molar-refractivity contribution in [2.75, 3.05) is 4.90 Å². The Morgan fingerprint density at radius 2 is 1.09 bits per heavy atom. The predicted molar refractivity (Wildman–Crippen MR) is 177 cm³/mol. The van der Waals surface area contributed by atoms with Crippen molar-refractivity contribution in [3.05, 3.63) is 150 Å². The summed E-state index contributed by atoms with van der Waals surface area (Å²) in [6, 6.07) is 45.6. The van der Waals surface area contributed by atoms with Crippen LogP contribution in [0.2, 0.25) is 0 Å². The van der Waals surface area contributed by atoms with Gasteiger partial charge in [0.15, 0.2) is 0 Å². The van der Waals surface area contributed by atoms with Crippen LogP contribution in [-0.4, -0.2) is 20.9 Å². The number of aromatic nitrogens is 2. The van der Waals surface area contributed by atoms with Crippen LogP contribution in [0.25, 0.3) is 55.0 Å². The molecule has 2 amide bonds. The van der Waals surface area contributed by atoms with Crippen molar-refractivity contribution < 1.29 is 9.59 Å². The Morgan fingerprint density at radius 3 is 1.80 bits per heavy atom. The van der Waals surface area contributed by atoms with Gasteiger partial charge in [0, 0.05) is 32.9 Å². The molecular formula is C39H22N4O2. The predicted octanol–water partition coefficient (Wildman–Crippen LogP) is 8.55. The number of rotatable bonds is 3. The first-order valence-electron chi connectivity index (χ1n) is 14.7. The lowest BCUT2D eigenvalue weighted by molar-refractivity contribution is 0.0926. The highest BCUT2D eigenvalue weighted by Crippen LogP contribution is 2.42. The Bertz CT molecular complexity index is 2570. The number of benzene rings is 6. The largest absolute Gasteiger partial charge is 0.309 e. The van der Waals surface area contributed by atoms with E-state index in [0.717, 1.165) is 49.3 Å². The summed E-state index contributed by atoms with van der Waals surface area (Å²) in [5.74, 6) is -0.792. The van der Waals surface area contributed by atoms with Gasteiger partial charge in [0.2, 0.25) is 0 Å². The fourth-order valence-electron chi connectivity index (χ4n) is 6.97. The van der Waals surface area contributed by atoms with Gasteiger partial charge in [0.1, 0.15) is 0 Å². The molecule has 0 saturated heterocycles. The fraction of sp³-hybridized carbons (Fsp3) is 0. The molecular weight excluding hydrogens is 556 g/mol. The third-order valence-electron chi connectivity index (χ3n) is 8.83. The summed E-state index contributed by atoms with van der Waals surface area (Å²) >= 11 is 0. The first-order chi connectivity index (χ1) is 22.1. The Balaban J connectivity index is 1.40. The van der Waals surface area contributed by atoms with E-state index in [4.69, 9.17) is 0 Å². The van der Waals surface area contributed by atoms with Gasteiger partial charge in [-0.1, -0.05) is 72.8 Å². The van der Waals surface area contributed by atoms with Crippen LogP contribution in [0.4, 0.5) is 5.69 Å². The van der Waals surface area contributed by atoms with Gasteiger partial charge in [-0.3, -0.25) is 9.59 Å². The summed E-state index contributed by atoms with van der Waals surface area (Å²) in [6.45, 7) is 0. The Kier molecular flexibility index (Phi) is 5.17. The van der Waals surface area contributed by atoms with E-state index in [1.807, 2.05) is 42.5 Å². The zero-order valence-electron chi connectivity index (χ0n) is 23.8. The molecule has 0 aliphatic carbocycles. The van der Waals surface area contributed by atoms with E-state index in [2.05, 4.69) is 75.9 Å². The molecule has 9 rings (SSSR count). The molecule has 0 radical (unpaired) electrons. The minimum atomic E-state index is -0.396. The van der Waals surface area contributed by atoms with Crippen LogP contribution in [-0.2, 0) is 0 Å². The van der Waals surface area contributed by atoms with Crippen LogP contribution in [0, 0.1) is 11.3 Å². The minimum Gasteiger partial charge on any atom is -0.309 e. The van der Waals surface area contributed by atoms with Gasteiger partial charge in [-0.25, -0.2) is 4.90 Å². The first-order valence-corrected chi connectivity index (χ1v) is 14.7. The summed E-state index contributed by atoms with van der Waals surface area (Å²) in [5, 5.41) is 14.5. The number of para-hydroxylation sites is 3. The summed E-state index contributed by atoms with van der Waals surface area (Å²) in [7, 11) is 0. The second-order valence-electron chi connectivity index (χ2n) is 11.2. The quantitative estimate of drug-likeness (QED) is 0.197. The molecule has 6 nitrogen and oxygen atoms in total.